The van der Waals surface area contributed by atoms with Crippen molar-refractivity contribution >= 4 is 5.83 Å². The molecule has 6 heteroatoms. The Balaban J connectivity index is 1.75. The Morgan fingerprint density at radius 2 is 1.30 bits per heavy atom. The second-order valence-electron chi connectivity index (χ2n) is 6.83. The van der Waals surface area contributed by atoms with E-state index in [9.17, 15) is 26.3 Å². The molecule has 156 valence electrons. The van der Waals surface area contributed by atoms with Crippen molar-refractivity contribution in [1.82, 2.24) is 0 Å². The highest BCUT2D eigenvalue weighted by atomic mass is 19.2. The van der Waals surface area contributed by atoms with Gasteiger partial charge in [0, 0.05) is 5.56 Å². The van der Waals surface area contributed by atoms with Gasteiger partial charge >= 0.3 is 0 Å². The fraction of sp³-hybridized carbons (Fsp3) is 0.167. The molecule has 0 atom stereocenters. The zero-order chi connectivity index (χ0) is 21.8. The van der Waals surface area contributed by atoms with Crippen LogP contribution in [0.15, 0.2) is 60.4 Å². The highest BCUT2D eigenvalue weighted by Crippen LogP contribution is 2.28. The van der Waals surface area contributed by atoms with E-state index >= 15 is 0 Å². The summed E-state index contributed by atoms with van der Waals surface area (Å²) in [5, 5.41) is 0. The molecule has 0 heterocycles. The zero-order valence-electron chi connectivity index (χ0n) is 16.1. The maximum atomic E-state index is 14.5. The van der Waals surface area contributed by atoms with Gasteiger partial charge < -0.3 is 0 Å². The fourth-order valence-electron chi connectivity index (χ4n) is 3.08. The predicted octanol–water partition coefficient (Wildman–Crippen LogP) is 7.71. The van der Waals surface area contributed by atoms with E-state index < -0.39 is 34.9 Å². The average Bonchev–Trinajstić information content (AvgIpc) is 2.75. The first-order valence-corrected chi connectivity index (χ1v) is 9.37. The highest BCUT2D eigenvalue weighted by Gasteiger charge is 2.12. The molecule has 30 heavy (non-hydrogen) atoms. The monoisotopic (exact) mass is 420 g/mol. The Kier molecular flexibility index (Phi) is 6.65. The lowest BCUT2D eigenvalue weighted by molar-refractivity contribution is 0.445. The third-order valence-corrected chi connectivity index (χ3v) is 4.80. The molecule has 0 bridgehead atoms. The smallest absolute Gasteiger partial charge is 0.194 e. The van der Waals surface area contributed by atoms with Gasteiger partial charge in [0.05, 0.1) is 0 Å². The normalized spacial score (nSPS) is 12.1. The van der Waals surface area contributed by atoms with Gasteiger partial charge in [-0.3, -0.25) is 0 Å². The summed E-state index contributed by atoms with van der Waals surface area (Å²) in [6.45, 7) is 1.51. The molecule has 0 saturated carbocycles. The summed E-state index contributed by atoms with van der Waals surface area (Å²) in [6, 6.07) is 12.3. The molecule has 0 radical (unpaired) electrons. The Morgan fingerprint density at radius 1 is 0.700 bits per heavy atom. The van der Waals surface area contributed by atoms with Crippen LogP contribution in [-0.4, -0.2) is 0 Å². The van der Waals surface area contributed by atoms with Gasteiger partial charge in [0.1, 0.15) is 11.6 Å². The lowest BCUT2D eigenvalue weighted by Gasteiger charge is -2.08. The van der Waals surface area contributed by atoms with Gasteiger partial charge in [-0.05, 0) is 59.7 Å². The second-order valence-corrected chi connectivity index (χ2v) is 6.83. The zero-order valence-corrected chi connectivity index (χ0v) is 16.1. The molecule has 0 nitrogen and oxygen atoms in total. The first kappa shape index (κ1) is 21.7. The lowest BCUT2D eigenvalue weighted by Crippen LogP contribution is -1.99. The molecule has 0 fully saturated rings. The first-order valence-electron chi connectivity index (χ1n) is 9.37. The molecule has 0 amide bonds. The molecule has 0 unspecified atom stereocenters. The number of rotatable bonds is 6. The summed E-state index contributed by atoms with van der Waals surface area (Å²) >= 11 is 0. The van der Waals surface area contributed by atoms with Crippen molar-refractivity contribution in [2.24, 2.45) is 0 Å². The van der Waals surface area contributed by atoms with Gasteiger partial charge in [-0.15, -0.1) is 0 Å². The average molecular weight is 420 g/mol. The minimum absolute atomic E-state index is 0.0442. The van der Waals surface area contributed by atoms with Crippen LogP contribution in [0.2, 0.25) is 0 Å². The van der Waals surface area contributed by atoms with E-state index in [1.807, 2.05) is 0 Å². The van der Waals surface area contributed by atoms with Crippen LogP contribution in [0.25, 0.3) is 17.0 Å². The van der Waals surface area contributed by atoms with Crippen LogP contribution in [0.4, 0.5) is 26.3 Å². The topological polar surface area (TPSA) is 0 Å². The maximum absolute atomic E-state index is 14.5. The van der Waals surface area contributed by atoms with Gasteiger partial charge in [-0.1, -0.05) is 43.3 Å². The second kappa shape index (κ2) is 9.20. The van der Waals surface area contributed by atoms with Crippen molar-refractivity contribution in [2.75, 3.05) is 0 Å². The Labute approximate surface area is 170 Å². The van der Waals surface area contributed by atoms with Crippen molar-refractivity contribution < 1.29 is 26.3 Å². The lowest BCUT2D eigenvalue weighted by atomic mass is 9.98. The number of aryl methyl sites for hydroxylation is 2. The first-order chi connectivity index (χ1) is 14.3. The largest absolute Gasteiger partial charge is 0.209 e. The number of benzene rings is 3. The standard InChI is InChI=1S/C24H18F6/c1-2-19(25)23(29)17-8-5-15(6-9-17)18-10-7-16(20(26)13-18)4-3-14-11-21(27)24(30)22(28)12-14/h5-13H,2-4H2,1H3/b23-19+. The molecule has 0 aliphatic rings. The van der Waals surface area contributed by atoms with Crippen LogP contribution in [0, 0.1) is 23.3 Å². The highest BCUT2D eigenvalue weighted by molar-refractivity contribution is 5.68. The summed E-state index contributed by atoms with van der Waals surface area (Å²) in [5.41, 5.74) is 1.83. The van der Waals surface area contributed by atoms with Crippen LogP contribution < -0.4 is 0 Å². The molecule has 3 aromatic carbocycles. The van der Waals surface area contributed by atoms with Crippen molar-refractivity contribution in [3.05, 3.63) is 100 Å². The van der Waals surface area contributed by atoms with Gasteiger partial charge in [0.15, 0.2) is 23.3 Å². The van der Waals surface area contributed by atoms with E-state index in [4.69, 9.17) is 0 Å². The van der Waals surface area contributed by atoms with Crippen molar-refractivity contribution in [3.8, 4) is 11.1 Å². The van der Waals surface area contributed by atoms with Crippen LogP contribution in [0.3, 0.4) is 0 Å². The molecule has 0 spiro atoms. The van der Waals surface area contributed by atoms with Gasteiger partial charge in [-0.2, -0.15) is 0 Å². The summed E-state index contributed by atoms with van der Waals surface area (Å²) in [7, 11) is 0. The molecule has 0 aliphatic carbocycles. The summed E-state index contributed by atoms with van der Waals surface area (Å²) < 4.78 is 81.3. The van der Waals surface area contributed by atoms with E-state index in [2.05, 4.69) is 0 Å². The fourth-order valence-corrected chi connectivity index (χ4v) is 3.08. The molecular formula is C24H18F6. The molecule has 3 aromatic rings. The van der Waals surface area contributed by atoms with Gasteiger partial charge in [-0.25, -0.2) is 26.3 Å². The molecule has 0 saturated heterocycles. The Bertz CT molecular complexity index is 1060. The number of hydrogen-bond donors (Lipinski definition) is 0. The SMILES string of the molecule is CC/C(F)=C(\F)c1ccc(-c2ccc(CCc3cc(F)c(F)c(F)c3)c(F)c2)cc1. The van der Waals surface area contributed by atoms with Crippen LogP contribution in [0.5, 0.6) is 0 Å². The minimum atomic E-state index is -1.53. The number of halogens is 6. The van der Waals surface area contributed by atoms with Gasteiger partial charge in [0.25, 0.3) is 0 Å². The summed E-state index contributed by atoms with van der Waals surface area (Å²) in [5.74, 6) is -6.36. The van der Waals surface area contributed by atoms with Crippen LogP contribution >= 0.6 is 0 Å². The van der Waals surface area contributed by atoms with Crippen molar-refractivity contribution in [2.45, 2.75) is 26.2 Å². The molecule has 0 aliphatic heterocycles. The summed E-state index contributed by atoms with van der Waals surface area (Å²) in [4.78, 5) is 0. The molecule has 0 aromatic heterocycles. The third-order valence-electron chi connectivity index (χ3n) is 4.80. The van der Waals surface area contributed by atoms with E-state index in [0.29, 0.717) is 16.7 Å². The van der Waals surface area contributed by atoms with Gasteiger partial charge in [0.2, 0.25) is 0 Å². The third kappa shape index (κ3) is 4.75. The number of hydrogen-bond acceptors (Lipinski definition) is 0. The van der Waals surface area contributed by atoms with E-state index in [-0.39, 0.29) is 30.4 Å². The van der Waals surface area contributed by atoms with E-state index in [0.717, 1.165) is 12.1 Å². The Morgan fingerprint density at radius 3 is 1.87 bits per heavy atom. The van der Waals surface area contributed by atoms with E-state index in [1.54, 1.807) is 24.3 Å². The minimum Gasteiger partial charge on any atom is -0.209 e. The maximum Gasteiger partial charge on any atom is 0.194 e. The van der Waals surface area contributed by atoms with Crippen molar-refractivity contribution in [3.63, 3.8) is 0 Å². The van der Waals surface area contributed by atoms with E-state index in [1.165, 1.54) is 25.1 Å². The molecular weight excluding hydrogens is 402 g/mol. The van der Waals surface area contributed by atoms with Crippen molar-refractivity contribution in [1.29, 1.82) is 0 Å². The quantitative estimate of drug-likeness (QED) is 0.283. The van der Waals surface area contributed by atoms with Crippen LogP contribution in [0.1, 0.15) is 30.0 Å². The summed E-state index contributed by atoms with van der Waals surface area (Å²) in [6.07, 6.45) is 0.257. The molecule has 3 rings (SSSR count). The predicted molar refractivity (Wildman–Crippen MR) is 105 cm³/mol. The van der Waals surface area contributed by atoms with Crippen LogP contribution in [-0.2, 0) is 12.8 Å². The Hall–Kier alpha value is -3.02. The molecule has 0 N–H and O–H groups in total. The number of allylic oxidation sites excluding steroid dienone is 1.